The fourth-order valence-electron chi connectivity index (χ4n) is 2.70. The summed E-state index contributed by atoms with van der Waals surface area (Å²) >= 11 is 0. The van der Waals surface area contributed by atoms with Gasteiger partial charge in [-0.1, -0.05) is 31.4 Å². The third kappa shape index (κ3) is 4.80. The number of aliphatic hydroxyl groups excluding tert-OH is 1. The molecule has 2 N–H and O–H groups in total. The standard InChI is InChI=1S/C17H26O3/c1-14(18)5-6-15-7-9-16(10-8-15)20-13-17(19)11-3-2-4-12-17/h7-10,14,18-19H,2-6,11-13H2,1H3. The van der Waals surface area contributed by atoms with Crippen LogP contribution in [0.1, 0.15) is 51.0 Å². The van der Waals surface area contributed by atoms with Crippen LogP contribution in [-0.2, 0) is 6.42 Å². The van der Waals surface area contributed by atoms with Gasteiger partial charge < -0.3 is 14.9 Å². The summed E-state index contributed by atoms with van der Waals surface area (Å²) in [5.41, 5.74) is 0.568. The van der Waals surface area contributed by atoms with E-state index in [0.29, 0.717) is 6.61 Å². The van der Waals surface area contributed by atoms with E-state index in [0.717, 1.165) is 44.3 Å². The summed E-state index contributed by atoms with van der Waals surface area (Å²) in [6.45, 7) is 2.20. The number of hydrogen-bond acceptors (Lipinski definition) is 3. The fraction of sp³-hybridized carbons (Fsp3) is 0.647. The molecule has 1 saturated carbocycles. The highest BCUT2D eigenvalue weighted by molar-refractivity contribution is 5.27. The lowest BCUT2D eigenvalue weighted by atomic mass is 9.85. The molecule has 0 radical (unpaired) electrons. The first-order valence-corrected chi connectivity index (χ1v) is 7.70. The van der Waals surface area contributed by atoms with Gasteiger partial charge in [0.2, 0.25) is 0 Å². The van der Waals surface area contributed by atoms with Crippen molar-refractivity contribution >= 4 is 0 Å². The smallest absolute Gasteiger partial charge is 0.119 e. The zero-order valence-corrected chi connectivity index (χ0v) is 12.3. The van der Waals surface area contributed by atoms with Gasteiger partial charge in [-0.15, -0.1) is 0 Å². The summed E-state index contributed by atoms with van der Waals surface area (Å²) in [7, 11) is 0. The molecule has 3 nitrogen and oxygen atoms in total. The second kappa shape index (κ2) is 7.09. The van der Waals surface area contributed by atoms with Crippen molar-refractivity contribution in [2.24, 2.45) is 0 Å². The minimum Gasteiger partial charge on any atom is -0.491 e. The summed E-state index contributed by atoms with van der Waals surface area (Å²) < 4.78 is 5.73. The molecule has 0 spiro atoms. The normalized spacial score (nSPS) is 19.6. The molecule has 2 rings (SSSR count). The predicted octanol–water partition coefficient (Wildman–Crippen LogP) is 3.07. The van der Waals surface area contributed by atoms with Crippen LogP contribution in [0.3, 0.4) is 0 Å². The lowest BCUT2D eigenvalue weighted by Crippen LogP contribution is -2.37. The van der Waals surface area contributed by atoms with Crippen LogP contribution in [0.5, 0.6) is 5.75 Å². The van der Waals surface area contributed by atoms with Gasteiger partial charge >= 0.3 is 0 Å². The Morgan fingerprint density at radius 3 is 2.40 bits per heavy atom. The van der Waals surface area contributed by atoms with Gasteiger partial charge in [-0.05, 0) is 50.3 Å². The Morgan fingerprint density at radius 1 is 1.15 bits per heavy atom. The number of rotatable bonds is 6. The van der Waals surface area contributed by atoms with Crippen molar-refractivity contribution in [1.29, 1.82) is 0 Å². The number of ether oxygens (including phenoxy) is 1. The highest BCUT2D eigenvalue weighted by Gasteiger charge is 2.29. The highest BCUT2D eigenvalue weighted by atomic mass is 16.5. The quantitative estimate of drug-likeness (QED) is 0.840. The van der Waals surface area contributed by atoms with E-state index in [9.17, 15) is 10.2 Å². The first kappa shape index (κ1) is 15.3. The molecule has 1 aromatic carbocycles. The van der Waals surface area contributed by atoms with E-state index in [1.54, 1.807) is 0 Å². The Kier molecular flexibility index (Phi) is 5.44. The third-order valence-electron chi connectivity index (χ3n) is 4.07. The topological polar surface area (TPSA) is 49.7 Å². The van der Waals surface area contributed by atoms with Crippen LogP contribution in [0.25, 0.3) is 0 Å². The number of aliphatic hydroxyl groups is 2. The van der Waals surface area contributed by atoms with Gasteiger partial charge in [0.1, 0.15) is 12.4 Å². The molecule has 0 saturated heterocycles. The van der Waals surface area contributed by atoms with Gasteiger partial charge in [0.05, 0.1) is 11.7 Å². The van der Waals surface area contributed by atoms with E-state index >= 15 is 0 Å². The van der Waals surface area contributed by atoms with Crippen molar-refractivity contribution in [2.75, 3.05) is 6.61 Å². The van der Waals surface area contributed by atoms with Crippen LogP contribution >= 0.6 is 0 Å². The Bertz CT molecular complexity index is 391. The molecule has 1 fully saturated rings. The Hall–Kier alpha value is -1.06. The van der Waals surface area contributed by atoms with E-state index in [1.807, 2.05) is 31.2 Å². The average Bonchev–Trinajstić information content (AvgIpc) is 2.45. The maximum atomic E-state index is 10.4. The van der Waals surface area contributed by atoms with Crippen molar-refractivity contribution in [2.45, 2.75) is 63.6 Å². The van der Waals surface area contributed by atoms with E-state index in [1.165, 1.54) is 12.0 Å². The minimum absolute atomic E-state index is 0.258. The van der Waals surface area contributed by atoms with Gasteiger partial charge in [-0.2, -0.15) is 0 Å². The van der Waals surface area contributed by atoms with Crippen LogP contribution in [0.2, 0.25) is 0 Å². The van der Waals surface area contributed by atoms with E-state index in [4.69, 9.17) is 4.74 Å². The molecule has 1 atom stereocenters. The molecule has 0 bridgehead atoms. The van der Waals surface area contributed by atoms with E-state index in [-0.39, 0.29) is 6.10 Å². The molecule has 112 valence electrons. The third-order valence-corrected chi connectivity index (χ3v) is 4.07. The van der Waals surface area contributed by atoms with Crippen LogP contribution in [0.4, 0.5) is 0 Å². The summed E-state index contributed by atoms with van der Waals surface area (Å²) in [6, 6.07) is 7.96. The van der Waals surface area contributed by atoms with Crippen molar-refractivity contribution in [3.63, 3.8) is 0 Å². The first-order chi connectivity index (χ1) is 9.57. The SMILES string of the molecule is CC(O)CCc1ccc(OCC2(O)CCCCC2)cc1. The molecule has 1 aliphatic rings. The maximum Gasteiger partial charge on any atom is 0.119 e. The van der Waals surface area contributed by atoms with Gasteiger partial charge in [0, 0.05) is 0 Å². The van der Waals surface area contributed by atoms with Crippen molar-refractivity contribution in [3.8, 4) is 5.75 Å². The minimum atomic E-state index is -0.636. The highest BCUT2D eigenvalue weighted by Crippen LogP contribution is 2.28. The van der Waals surface area contributed by atoms with Crippen molar-refractivity contribution in [1.82, 2.24) is 0 Å². The zero-order valence-electron chi connectivity index (χ0n) is 12.3. The molecule has 1 aromatic rings. The van der Waals surface area contributed by atoms with Crippen LogP contribution in [-0.4, -0.2) is 28.5 Å². The fourth-order valence-corrected chi connectivity index (χ4v) is 2.70. The molecule has 3 heteroatoms. The van der Waals surface area contributed by atoms with E-state index < -0.39 is 5.60 Å². The van der Waals surface area contributed by atoms with Gasteiger partial charge in [-0.3, -0.25) is 0 Å². The van der Waals surface area contributed by atoms with Crippen LogP contribution in [0.15, 0.2) is 24.3 Å². The van der Waals surface area contributed by atoms with Crippen LogP contribution in [0, 0.1) is 0 Å². The average molecular weight is 278 g/mol. The Morgan fingerprint density at radius 2 is 1.80 bits per heavy atom. The van der Waals surface area contributed by atoms with Gasteiger partial charge in [-0.25, -0.2) is 0 Å². The number of benzene rings is 1. The summed E-state index contributed by atoms with van der Waals surface area (Å²) in [4.78, 5) is 0. The molecule has 1 unspecified atom stereocenters. The molecule has 0 amide bonds. The Balaban J connectivity index is 1.81. The van der Waals surface area contributed by atoms with Crippen molar-refractivity contribution < 1.29 is 14.9 Å². The molecule has 20 heavy (non-hydrogen) atoms. The second-order valence-corrected chi connectivity index (χ2v) is 6.11. The number of hydrogen-bond donors (Lipinski definition) is 2. The van der Waals surface area contributed by atoms with Gasteiger partial charge in [0.15, 0.2) is 0 Å². The first-order valence-electron chi connectivity index (χ1n) is 7.70. The van der Waals surface area contributed by atoms with Gasteiger partial charge in [0.25, 0.3) is 0 Å². The lowest BCUT2D eigenvalue weighted by molar-refractivity contribution is -0.0339. The molecular weight excluding hydrogens is 252 g/mol. The summed E-state index contributed by atoms with van der Waals surface area (Å²) in [5.74, 6) is 0.810. The molecule has 0 heterocycles. The van der Waals surface area contributed by atoms with Crippen molar-refractivity contribution in [3.05, 3.63) is 29.8 Å². The summed E-state index contributed by atoms with van der Waals surface area (Å²) in [6.07, 6.45) is 6.50. The van der Waals surface area contributed by atoms with E-state index in [2.05, 4.69) is 0 Å². The largest absolute Gasteiger partial charge is 0.491 e. The predicted molar refractivity (Wildman–Crippen MR) is 80.0 cm³/mol. The molecule has 1 aliphatic carbocycles. The lowest BCUT2D eigenvalue weighted by Gasteiger charge is -2.31. The Labute approximate surface area is 121 Å². The molecular formula is C17H26O3. The molecule has 0 aliphatic heterocycles. The molecule has 0 aromatic heterocycles. The maximum absolute atomic E-state index is 10.4. The second-order valence-electron chi connectivity index (χ2n) is 6.11. The van der Waals surface area contributed by atoms with Crippen LogP contribution < -0.4 is 4.74 Å². The summed E-state index contributed by atoms with van der Waals surface area (Å²) in [5, 5.41) is 19.7. The number of aryl methyl sites for hydroxylation is 1. The monoisotopic (exact) mass is 278 g/mol. The zero-order chi connectivity index (χ0) is 14.4.